The van der Waals surface area contributed by atoms with E-state index in [0.29, 0.717) is 18.8 Å². The second-order valence-electron chi connectivity index (χ2n) is 5.43. The van der Waals surface area contributed by atoms with Gasteiger partial charge in [0.05, 0.1) is 17.8 Å². The van der Waals surface area contributed by atoms with E-state index in [1.165, 1.54) is 12.1 Å². The Labute approximate surface area is 123 Å². The Morgan fingerprint density at radius 3 is 2.48 bits per heavy atom. The van der Waals surface area contributed by atoms with E-state index in [0.717, 1.165) is 5.56 Å². The summed E-state index contributed by atoms with van der Waals surface area (Å²) in [6.45, 7) is 6.71. The third-order valence-corrected chi connectivity index (χ3v) is 3.43. The van der Waals surface area contributed by atoms with Crippen molar-refractivity contribution >= 4 is 17.7 Å². The van der Waals surface area contributed by atoms with Crippen LogP contribution in [0, 0.1) is 6.92 Å². The van der Waals surface area contributed by atoms with Crippen LogP contribution in [-0.2, 0) is 4.74 Å². The van der Waals surface area contributed by atoms with Crippen LogP contribution in [-0.4, -0.2) is 47.3 Å². The summed E-state index contributed by atoms with van der Waals surface area (Å²) in [4.78, 5) is 25.0. The third kappa shape index (κ3) is 3.72. The largest absolute Gasteiger partial charge is 0.478 e. The number of aromatic carboxylic acids is 1. The number of aryl methyl sites for hydroxylation is 1. The minimum atomic E-state index is -1.01. The van der Waals surface area contributed by atoms with Gasteiger partial charge in [-0.1, -0.05) is 6.07 Å². The molecule has 1 heterocycles. The number of morpholine rings is 1. The Balaban J connectivity index is 2.12. The van der Waals surface area contributed by atoms with Crippen LogP contribution in [0.4, 0.5) is 10.5 Å². The molecule has 2 N–H and O–H groups in total. The number of ether oxygens (including phenoxy) is 1. The number of nitrogens with one attached hydrogen (secondary N) is 1. The molecule has 1 aliphatic heterocycles. The molecule has 2 atom stereocenters. The predicted octanol–water partition coefficient (Wildman–Crippen LogP) is 2.33. The number of rotatable bonds is 2. The summed E-state index contributed by atoms with van der Waals surface area (Å²) in [6, 6.07) is 4.45. The smallest absolute Gasteiger partial charge is 0.335 e. The first-order valence-electron chi connectivity index (χ1n) is 6.92. The first kappa shape index (κ1) is 15.3. The molecule has 6 nitrogen and oxygen atoms in total. The third-order valence-electron chi connectivity index (χ3n) is 3.43. The van der Waals surface area contributed by atoms with Gasteiger partial charge in [0.25, 0.3) is 0 Å². The van der Waals surface area contributed by atoms with Gasteiger partial charge in [-0.25, -0.2) is 9.59 Å². The summed E-state index contributed by atoms with van der Waals surface area (Å²) in [5.41, 5.74) is 1.49. The van der Waals surface area contributed by atoms with E-state index in [1.54, 1.807) is 11.0 Å². The fraction of sp³-hybridized carbons (Fsp3) is 0.467. The molecule has 2 rings (SSSR count). The van der Waals surface area contributed by atoms with Gasteiger partial charge in [-0.3, -0.25) is 0 Å². The summed E-state index contributed by atoms with van der Waals surface area (Å²) in [6.07, 6.45) is -0.0168. The maximum Gasteiger partial charge on any atom is 0.335 e. The van der Waals surface area contributed by atoms with E-state index < -0.39 is 5.97 Å². The fourth-order valence-electron chi connectivity index (χ4n) is 2.43. The minimum absolute atomic E-state index is 0.00838. The number of nitrogens with zero attached hydrogens (tertiary/aromatic N) is 1. The van der Waals surface area contributed by atoms with Gasteiger partial charge in [0.15, 0.2) is 0 Å². The number of carbonyl (C=O) groups excluding carboxylic acids is 1. The van der Waals surface area contributed by atoms with Gasteiger partial charge >= 0.3 is 12.0 Å². The van der Waals surface area contributed by atoms with Crippen molar-refractivity contribution in [3.8, 4) is 0 Å². The number of anilines is 1. The first-order chi connectivity index (χ1) is 9.86. The number of carboxylic acids is 1. The molecule has 2 unspecified atom stereocenters. The molecular formula is C15H20N2O4. The monoisotopic (exact) mass is 292 g/mol. The maximum atomic E-state index is 12.3. The second kappa shape index (κ2) is 6.13. The molecule has 21 heavy (non-hydrogen) atoms. The second-order valence-corrected chi connectivity index (χ2v) is 5.43. The van der Waals surface area contributed by atoms with Crippen molar-refractivity contribution in [3.63, 3.8) is 0 Å². The van der Waals surface area contributed by atoms with Gasteiger partial charge in [0, 0.05) is 18.8 Å². The van der Waals surface area contributed by atoms with Gasteiger partial charge < -0.3 is 20.1 Å². The van der Waals surface area contributed by atoms with E-state index in [4.69, 9.17) is 9.84 Å². The van der Waals surface area contributed by atoms with Crippen molar-refractivity contribution in [2.45, 2.75) is 33.0 Å². The highest BCUT2D eigenvalue weighted by molar-refractivity contribution is 5.94. The molecule has 0 aromatic heterocycles. The molecule has 0 bridgehead atoms. The Morgan fingerprint density at radius 1 is 1.29 bits per heavy atom. The van der Waals surface area contributed by atoms with Gasteiger partial charge in [-0.2, -0.15) is 0 Å². The fourth-order valence-corrected chi connectivity index (χ4v) is 2.43. The number of urea groups is 1. The standard InChI is InChI=1S/C15H20N2O4/c1-9-4-5-12(14(18)19)6-13(9)16-15(20)17-7-10(2)21-11(3)8-17/h4-6,10-11H,7-8H2,1-3H3,(H,16,20)(H,18,19). The maximum absolute atomic E-state index is 12.3. The van der Waals surface area contributed by atoms with E-state index in [2.05, 4.69) is 5.32 Å². The zero-order valence-electron chi connectivity index (χ0n) is 12.4. The normalized spacial score (nSPS) is 22.0. The topological polar surface area (TPSA) is 78.9 Å². The lowest BCUT2D eigenvalue weighted by molar-refractivity contribution is -0.0530. The average molecular weight is 292 g/mol. The number of carbonyl (C=O) groups is 2. The number of hydrogen-bond donors (Lipinski definition) is 2. The number of hydrogen-bond acceptors (Lipinski definition) is 3. The number of amides is 2. The summed E-state index contributed by atoms with van der Waals surface area (Å²) in [7, 11) is 0. The quantitative estimate of drug-likeness (QED) is 0.877. The van der Waals surface area contributed by atoms with E-state index >= 15 is 0 Å². The summed E-state index contributed by atoms with van der Waals surface area (Å²) >= 11 is 0. The van der Waals surface area contributed by atoms with Gasteiger partial charge in [0.2, 0.25) is 0 Å². The van der Waals surface area contributed by atoms with Gasteiger partial charge in [0.1, 0.15) is 0 Å². The van der Waals surface area contributed by atoms with Gasteiger partial charge in [-0.05, 0) is 38.5 Å². The average Bonchev–Trinajstić information content (AvgIpc) is 2.39. The number of carboxylic acid groups (broad SMARTS) is 1. The molecule has 0 spiro atoms. The van der Waals surface area contributed by atoms with Crippen LogP contribution in [0.3, 0.4) is 0 Å². The van der Waals surface area contributed by atoms with Crippen LogP contribution in [0.5, 0.6) is 0 Å². The first-order valence-corrected chi connectivity index (χ1v) is 6.92. The zero-order chi connectivity index (χ0) is 15.6. The van der Waals surface area contributed by atoms with Crippen molar-refractivity contribution in [2.75, 3.05) is 18.4 Å². The van der Waals surface area contributed by atoms with Crippen molar-refractivity contribution in [3.05, 3.63) is 29.3 Å². The molecule has 1 aliphatic rings. The lowest BCUT2D eigenvalue weighted by Gasteiger charge is -2.35. The highest BCUT2D eigenvalue weighted by Gasteiger charge is 2.26. The molecule has 0 saturated carbocycles. The Morgan fingerprint density at radius 2 is 1.90 bits per heavy atom. The highest BCUT2D eigenvalue weighted by atomic mass is 16.5. The lowest BCUT2D eigenvalue weighted by atomic mass is 10.1. The molecule has 2 amide bonds. The molecule has 0 radical (unpaired) electrons. The van der Waals surface area contributed by atoms with E-state index in [1.807, 2.05) is 20.8 Å². The molecule has 0 aliphatic carbocycles. The van der Waals surface area contributed by atoms with Crippen LogP contribution in [0.15, 0.2) is 18.2 Å². The van der Waals surface area contributed by atoms with Crippen molar-refractivity contribution in [1.29, 1.82) is 0 Å². The van der Waals surface area contributed by atoms with Gasteiger partial charge in [-0.15, -0.1) is 0 Å². The molecule has 1 saturated heterocycles. The molecule has 114 valence electrons. The lowest BCUT2D eigenvalue weighted by Crippen LogP contribution is -2.49. The zero-order valence-corrected chi connectivity index (χ0v) is 12.4. The van der Waals surface area contributed by atoms with Crippen LogP contribution in [0.25, 0.3) is 0 Å². The summed E-state index contributed by atoms with van der Waals surface area (Å²) < 4.78 is 5.59. The van der Waals surface area contributed by atoms with Crippen LogP contribution >= 0.6 is 0 Å². The highest BCUT2D eigenvalue weighted by Crippen LogP contribution is 2.19. The molecule has 1 aromatic carbocycles. The van der Waals surface area contributed by atoms with Crippen molar-refractivity contribution < 1.29 is 19.4 Å². The van der Waals surface area contributed by atoms with Crippen molar-refractivity contribution in [1.82, 2.24) is 4.90 Å². The minimum Gasteiger partial charge on any atom is -0.478 e. The molecular weight excluding hydrogens is 272 g/mol. The van der Waals surface area contributed by atoms with Crippen molar-refractivity contribution in [2.24, 2.45) is 0 Å². The Bertz CT molecular complexity index is 549. The van der Waals surface area contributed by atoms with E-state index in [9.17, 15) is 9.59 Å². The molecule has 1 aromatic rings. The van der Waals surface area contributed by atoms with E-state index in [-0.39, 0.29) is 23.8 Å². The summed E-state index contributed by atoms with van der Waals surface area (Å²) in [5, 5.41) is 11.8. The molecule has 1 fully saturated rings. The Hall–Kier alpha value is -2.08. The van der Waals surface area contributed by atoms with Crippen LogP contribution in [0.1, 0.15) is 29.8 Å². The Kier molecular flexibility index (Phi) is 4.47. The van der Waals surface area contributed by atoms with Crippen LogP contribution in [0.2, 0.25) is 0 Å². The predicted molar refractivity (Wildman–Crippen MR) is 78.7 cm³/mol. The number of benzene rings is 1. The summed E-state index contributed by atoms with van der Waals surface area (Å²) in [5.74, 6) is -1.01. The SMILES string of the molecule is Cc1ccc(C(=O)O)cc1NC(=O)N1CC(C)OC(C)C1. The molecule has 6 heteroatoms. The van der Waals surface area contributed by atoms with Crippen LogP contribution < -0.4 is 5.32 Å².